The van der Waals surface area contributed by atoms with Crippen LogP contribution in [0.15, 0.2) is 12.4 Å². The number of rotatable bonds is 9. The first kappa shape index (κ1) is 31.0. The smallest absolute Gasteiger partial charge is 0.407 e. The summed E-state index contributed by atoms with van der Waals surface area (Å²) in [5.74, 6) is 1.67. The molecule has 12 heteroatoms. The molecule has 5 rings (SSSR count). The highest BCUT2D eigenvalue weighted by Gasteiger charge is 2.51. The number of carbonyl (C=O) groups excluding carboxylic acids is 3. The lowest BCUT2D eigenvalue weighted by atomic mass is 9.96. The van der Waals surface area contributed by atoms with Gasteiger partial charge in [0.05, 0.1) is 31.3 Å². The Morgan fingerprint density at radius 3 is 2.26 bits per heavy atom. The molecular formula is C31H47N7O5. The number of hydrogen-bond donors (Lipinski definition) is 3. The zero-order valence-corrected chi connectivity index (χ0v) is 26.3. The highest BCUT2D eigenvalue weighted by molar-refractivity contribution is 5.86. The zero-order valence-electron chi connectivity index (χ0n) is 26.3. The number of methoxy groups -OCH3 is 1. The fourth-order valence-electron chi connectivity index (χ4n) is 6.68. The van der Waals surface area contributed by atoms with E-state index in [-0.39, 0.29) is 41.7 Å². The molecule has 2 aromatic rings. The van der Waals surface area contributed by atoms with E-state index in [9.17, 15) is 14.4 Å². The van der Waals surface area contributed by atoms with Crippen LogP contribution in [0.3, 0.4) is 0 Å². The molecule has 3 N–H and O–H groups in total. The number of aromatic amines is 2. The van der Waals surface area contributed by atoms with Gasteiger partial charge in [-0.05, 0) is 37.5 Å². The summed E-state index contributed by atoms with van der Waals surface area (Å²) in [5, 5.41) is 2.72. The Kier molecular flexibility index (Phi) is 9.15. The van der Waals surface area contributed by atoms with Gasteiger partial charge in [-0.2, -0.15) is 0 Å². The summed E-state index contributed by atoms with van der Waals surface area (Å²) >= 11 is 0. The van der Waals surface area contributed by atoms with Gasteiger partial charge in [0.25, 0.3) is 0 Å². The monoisotopic (exact) mass is 597 g/mol. The van der Waals surface area contributed by atoms with E-state index in [2.05, 4.69) is 34.1 Å². The van der Waals surface area contributed by atoms with E-state index in [0.29, 0.717) is 31.8 Å². The third-order valence-corrected chi connectivity index (χ3v) is 9.49. The van der Waals surface area contributed by atoms with Gasteiger partial charge in [-0.3, -0.25) is 9.59 Å². The van der Waals surface area contributed by atoms with Crippen LogP contribution in [0.25, 0.3) is 0 Å². The number of H-pyrrole nitrogens is 2. The molecule has 3 amide bonds. The third-order valence-electron chi connectivity index (χ3n) is 9.49. The van der Waals surface area contributed by atoms with Crippen molar-refractivity contribution in [2.75, 3.05) is 26.8 Å². The van der Waals surface area contributed by atoms with Gasteiger partial charge >= 0.3 is 6.09 Å². The molecule has 5 heterocycles. The van der Waals surface area contributed by atoms with Crippen LogP contribution < -0.4 is 5.32 Å². The van der Waals surface area contributed by atoms with Gasteiger partial charge in [0, 0.05) is 55.7 Å². The first-order valence-corrected chi connectivity index (χ1v) is 15.7. The van der Waals surface area contributed by atoms with Gasteiger partial charge in [-0.25, -0.2) is 14.8 Å². The molecule has 236 valence electrons. The van der Waals surface area contributed by atoms with Crippen LogP contribution in [-0.4, -0.2) is 86.1 Å². The minimum atomic E-state index is -0.727. The Balaban J connectivity index is 1.31. The fraction of sp³-hybridized carbons (Fsp3) is 0.710. The van der Waals surface area contributed by atoms with Crippen LogP contribution in [0.1, 0.15) is 102 Å². The first-order valence-electron chi connectivity index (χ1n) is 15.7. The SMILES string of the molecule is COC(=O)N[C@H](C(=O)N1C[C@]2(CCCO2)C[C@H]1c1ncc(Cc2cnc([C@@H]3CCCN3C(=O)[C@@H](C)C(C)C)[nH]2)[nH]1)C(C)C. The summed E-state index contributed by atoms with van der Waals surface area (Å²) in [6.07, 6.45) is 7.91. The van der Waals surface area contributed by atoms with Gasteiger partial charge in [-0.15, -0.1) is 0 Å². The van der Waals surface area contributed by atoms with Crippen molar-refractivity contribution in [1.29, 1.82) is 0 Å². The maximum Gasteiger partial charge on any atom is 0.407 e. The van der Waals surface area contributed by atoms with Gasteiger partial charge in [0.15, 0.2) is 0 Å². The number of hydrogen-bond acceptors (Lipinski definition) is 7. The number of aromatic nitrogens is 4. The Labute approximate surface area is 253 Å². The van der Waals surface area contributed by atoms with Crippen molar-refractivity contribution < 1.29 is 23.9 Å². The number of nitrogens with zero attached hydrogens (tertiary/aromatic N) is 4. The van der Waals surface area contributed by atoms with Crippen LogP contribution >= 0.6 is 0 Å². The molecule has 3 saturated heterocycles. The van der Waals surface area contributed by atoms with Gasteiger partial charge in [-0.1, -0.05) is 34.6 Å². The third kappa shape index (κ3) is 6.44. The Morgan fingerprint density at radius 2 is 1.67 bits per heavy atom. The van der Waals surface area contributed by atoms with Gasteiger partial charge in [0.2, 0.25) is 11.8 Å². The molecule has 0 radical (unpaired) electrons. The number of imidazole rings is 2. The minimum Gasteiger partial charge on any atom is -0.453 e. The average molecular weight is 598 g/mol. The lowest BCUT2D eigenvalue weighted by Crippen LogP contribution is -2.51. The molecule has 1 spiro atoms. The number of likely N-dealkylation sites (tertiary alicyclic amines) is 2. The molecule has 3 fully saturated rings. The zero-order chi connectivity index (χ0) is 30.9. The Morgan fingerprint density at radius 1 is 1.00 bits per heavy atom. The van der Waals surface area contributed by atoms with Crippen molar-refractivity contribution in [2.24, 2.45) is 17.8 Å². The predicted molar refractivity (Wildman–Crippen MR) is 159 cm³/mol. The molecule has 0 unspecified atom stereocenters. The molecule has 0 aliphatic carbocycles. The molecular weight excluding hydrogens is 550 g/mol. The summed E-state index contributed by atoms with van der Waals surface area (Å²) in [4.78, 5) is 59.1. The van der Waals surface area contributed by atoms with E-state index in [1.807, 2.05) is 36.8 Å². The molecule has 0 aromatic carbocycles. The summed E-state index contributed by atoms with van der Waals surface area (Å²) < 4.78 is 11.0. The highest BCUT2D eigenvalue weighted by Crippen LogP contribution is 2.44. The summed E-state index contributed by atoms with van der Waals surface area (Å²) in [6.45, 7) is 11.9. The summed E-state index contributed by atoms with van der Waals surface area (Å²) in [6, 6.07) is -1.07. The van der Waals surface area contributed by atoms with Crippen LogP contribution in [-0.2, 0) is 25.5 Å². The molecule has 2 aromatic heterocycles. The molecule has 0 saturated carbocycles. The Bertz CT molecular complexity index is 1300. The van der Waals surface area contributed by atoms with E-state index < -0.39 is 17.7 Å². The Hall–Kier alpha value is -3.41. The molecule has 0 bridgehead atoms. The quantitative estimate of drug-likeness (QED) is 0.398. The summed E-state index contributed by atoms with van der Waals surface area (Å²) in [5.41, 5.74) is 1.42. The second-order valence-electron chi connectivity index (χ2n) is 13.2. The van der Waals surface area contributed by atoms with Crippen molar-refractivity contribution in [2.45, 2.75) is 96.9 Å². The number of nitrogens with one attached hydrogen (secondary N) is 3. The predicted octanol–water partition coefficient (Wildman–Crippen LogP) is 3.88. The summed E-state index contributed by atoms with van der Waals surface area (Å²) in [7, 11) is 1.29. The standard InChI is InChI=1S/C31H47N7O5/c1-18(2)20(5)28(39)37-11-7-9-23(37)26-32-15-21(34-26)13-22-16-33-27(35-22)24-14-31(10-8-12-43-31)17-38(24)29(40)25(19(3)4)36-30(41)42-6/h15-16,18-20,23-25H,7-14,17H2,1-6H3,(H,32,34)(H,33,35)(H,36,41)/t20-,23-,24-,25-,31-/m0/s1. The van der Waals surface area contributed by atoms with E-state index in [4.69, 9.17) is 14.5 Å². The van der Waals surface area contributed by atoms with Crippen molar-refractivity contribution >= 4 is 17.9 Å². The van der Waals surface area contributed by atoms with Crippen molar-refractivity contribution in [3.8, 4) is 0 Å². The number of ether oxygens (including phenoxy) is 2. The number of carbonyl (C=O) groups is 3. The lowest BCUT2D eigenvalue weighted by molar-refractivity contribution is -0.137. The van der Waals surface area contributed by atoms with Crippen LogP contribution in [0.2, 0.25) is 0 Å². The normalized spacial score (nSPS) is 25.2. The van der Waals surface area contributed by atoms with Crippen LogP contribution in [0.5, 0.6) is 0 Å². The number of amides is 3. The average Bonchev–Trinajstić information content (AvgIpc) is 3.81. The second kappa shape index (κ2) is 12.7. The van der Waals surface area contributed by atoms with Crippen molar-refractivity contribution in [3.63, 3.8) is 0 Å². The van der Waals surface area contributed by atoms with Crippen LogP contribution in [0.4, 0.5) is 4.79 Å². The topological polar surface area (TPSA) is 146 Å². The van der Waals surface area contributed by atoms with Gasteiger partial charge < -0.3 is 34.6 Å². The maximum atomic E-state index is 13.9. The largest absolute Gasteiger partial charge is 0.453 e. The molecule has 3 aliphatic heterocycles. The van der Waals surface area contributed by atoms with Gasteiger partial charge in [0.1, 0.15) is 17.7 Å². The molecule has 3 aliphatic rings. The van der Waals surface area contributed by atoms with Crippen molar-refractivity contribution in [3.05, 3.63) is 35.4 Å². The first-order chi connectivity index (χ1) is 20.5. The van der Waals surface area contributed by atoms with E-state index >= 15 is 0 Å². The molecule has 43 heavy (non-hydrogen) atoms. The minimum absolute atomic E-state index is 0.0266. The maximum absolute atomic E-state index is 13.9. The van der Waals surface area contributed by atoms with E-state index in [1.165, 1.54) is 7.11 Å². The fourth-order valence-corrected chi connectivity index (χ4v) is 6.68. The molecule has 5 atom stereocenters. The number of alkyl carbamates (subject to hydrolysis) is 1. The molecule has 12 nitrogen and oxygen atoms in total. The van der Waals surface area contributed by atoms with E-state index in [1.54, 1.807) is 6.20 Å². The second-order valence-corrected chi connectivity index (χ2v) is 13.2. The lowest BCUT2D eigenvalue weighted by Gasteiger charge is -2.30. The van der Waals surface area contributed by atoms with Crippen molar-refractivity contribution in [1.82, 2.24) is 35.1 Å². The highest BCUT2D eigenvalue weighted by atomic mass is 16.5. The van der Waals surface area contributed by atoms with Crippen LogP contribution in [0, 0.1) is 17.8 Å². The van der Waals surface area contributed by atoms with E-state index in [0.717, 1.165) is 49.4 Å².